The highest BCUT2D eigenvalue weighted by Crippen LogP contribution is 2.17. The molecule has 28 heavy (non-hydrogen) atoms. The van der Waals surface area contributed by atoms with Crippen LogP contribution >= 0.6 is 0 Å². The van der Waals surface area contributed by atoms with Gasteiger partial charge in [-0.3, -0.25) is 4.79 Å². The molecule has 0 bridgehead atoms. The second-order valence-electron chi connectivity index (χ2n) is 7.48. The third kappa shape index (κ3) is 6.74. The third-order valence-electron chi connectivity index (χ3n) is 4.39. The van der Waals surface area contributed by atoms with E-state index in [1.165, 1.54) is 12.1 Å². The van der Waals surface area contributed by atoms with E-state index in [1.807, 2.05) is 30.3 Å². The van der Waals surface area contributed by atoms with Gasteiger partial charge >= 0.3 is 0 Å². The van der Waals surface area contributed by atoms with Crippen molar-refractivity contribution in [3.05, 3.63) is 60.2 Å². The van der Waals surface area contributed by atoms with Crippen LogP contribution in [-0.2, 0) is 21.2 Å². The number of anilines is 1. The molecule has 0 aromatic heterocycles. The molecule has 1 amide bonds. The van der Waals surface area contributed by atoms with Crippen LogP contribution in [0.15, 0.2) is 59.5 Å². The van der Waals surface area contributed by atoms with E-state index >= 15 is 0 Å². The van der Waals surface area contributed by atoms with Crippen LogP contribution in [0, 0.1) is 5.92 Å². The van der Waals surface area contributed by atoms with Gasteiger partial charge in [-0.2, -0.15) is 0 Å². The van der Waals surface area contributed by atoms with Crippen LogP contribution in [0.4, 0.5) is 5.69 Å². The van der Waals surface area contributed by atoms with Crippen molar-refractivity contribution in [2.24, 2.45) is 5.92 Å². The van der Waals surface area contributed by atoms with Crippen LogP contribution in [0.25, 0.3) is 0 Å². The zero-order valence-electron chi connectivity index (χ0n) is 16.5. The van der Waals surface area contributed by atoms with Crippen molar-refractivity contribution in [3.8, 4) is 0 Å². The Morgan fingerprint density at radius 2 is 1.68 bits per heavy atom. The van der Waals surface area contributed by atoms with Gasteiger partial charge in [0.2, 0.25) is 15.9 Å². The molecule has 0 radical (unpaired) electrons. The topological polar surface area (TPSA) is 95.5 Å². The highest BCUT2D eigenvalue weighted by molar-refractivity contribution is 7.89. The molecule has 152 valence electrons. The molecule has 0 aliphatic carbocycles. The summed E-state index contributed by atoms with van der Waals surface area (Å²) in [6.45, 7) is 5.08. The zero-order valence-corrected chi connectivity index (χ0v) is 17.3. The van der Waals surface area contributed by atoms with E-state index in [9.17, 15) is 18.3 Å². The predicted molar refractivity (Wildman–Crippen MR) is 110 cm³/mol. The van der Waals surface area contributed by atoms with E-state index < -0.39 is 15.6 Å². The summed E-state index contributed by atoms with van der Waals surface area (Å²) >= 11 is 0. The third-order valence-corrected chi connectivity index (χ3v) is 5.81. The van der Waals surface area contributed by atoms with Gasteiger partial charge in [-0.15, -0.1) is 0 Å². The Kier molecular flexibility index (Phi) is 7.35. The molecule has 7 heteroatoms. The number of carbonyl (C=O) groups excluding carboxylic acids is 1. The Morgan fingerprint density at radius 1 is 1.07 bits per heavy atom. The standard InChI is InChI=1S/C21H28N2O4S/c1-16(2)20(24)23-18-9-11-19(12-10-18)28(26,27)22-15-21(3,25)14-13-17-7-5-4-6-8-17/h4-12,16,22,25H,13-15H2,1-3H3,(H,23,24). The normalized spacial score (nSPS) is 13.9. The van der Waals surface area contributed by atoms with Gasteiger partial charge in [0.05, 0.1) is 10.5 Å². The minimum atomic E-state index is -3.76. The van der Waals surface area contributed by atoms with Crippen LogP contribution in [-0.4, -0.2) is 31.6 Å². The van der Waals surface area contributed by atoms with Gasteiger partial charge in [0, 0.05) is 18.2 Å². The molecule has 2 aromatic carbocycles. The summed E-state index contributed by atoms with van der Waals surface area (Å²) in [5.41, 5.74) is 0.450. The monoisotopic (exact) mass is 404 g/mol. The number of aryl methyl sites for hydroxylation is 1. The summed E-state index contributed by atoms with van der Waals surface area (Å²) in [6, 6.07) is 15.7. The van der Waals surface area contributed by atoms with Crippen LogP contribution in [0.1, 0.15) is 32.8 Å². The molecule has 1 unspecified atom stereocenters. The fourth-order valence-electron chi connectivity index (χ4n) is 2.48. The highest BCUT2D eigenvalue weighted by atomic mass is 32.2. The summed E-state index contributed by atoms with van der Waals surface area (Å²) < 4.78 is 27.4. The van der Waals surface area contributed by atoms with Crippen LogP contribution in [0.3, 0.4) is 0 Å². The quantitative estimate of drug-likeness (QED) is 0.599. The lowest BCUT2D eigenvalue weighted by molar-refractivity contribution is -0.118. The Morgan fingerprint density at radius 3 is 2.25 bits per heavy atom. The van der Waals surface area contributed by atoms with Crippen molar-refractivity contribution in [3.63, 3.8) is 0 Å². The number of nitrogens with one attached hydrogen (secondary N) is 2. The summed E-state index contributed by atoms with van der Waals surface area (Å²) in [7, 11) is -3.76. The summed E-state index contributed by atoms with van der Waals surface area (Å²) in [5.74, 6) is -0.300. The Balaban J connectivity index is 1.94. The average Bonchev–Trinajstić information content (AvgIpc) is 2.66. The largest absolute Gasteiger partial charge is 0.389 e. The molecule has 1 atom stereocenters. The molecule has 6 nitrogen and oxygen atoms in total. The molecule has 0 fully saturated rings. The Bertz CT molecular complexity index is 876. The smallest absolute Gasteiger partial charge is 0.240 e. The van der Waals surface area contributed by atoms with Crippen molar-refractivity contribution < 1.29 is 18.3 Å². The molecule has 0 saturated heterocycles. The Labute approximate surface area is 167 Å². The molecule has 0 spiro atoms. The lowest BCUT2D eigenvalue weighted by atomic mass is 9.97. The lowest BCUT2D eigenvalue weighted by Gasteiger charge is -2.23. The van der Waals surface area contributed by atoms with E-state index in [1.54, 1.807) is 32.9 Å². The molecule has 0 aliphatic rings. The maximum absolute atomic E-state index is 12.5. The van der Waals surface area contributed by atoms with Gasteiger partial charge in [-0.05, 0) is 49.6 Å². The van der Waals surface area contributed by atoms with Gasteiger partial charge in [-0.25, -0.2) is 13.1 Å². The van der Waals surface area contributed by atoms with Crippen molar-refractivity contribution >= 4 is 21.6 Å². The summed E-state index contributed by atoms with van der Waals surface area (Å²) in [5, 5.41) is 13.2. The number of sulfonamides is 1. The van der Waals surface area contributed by atoms with Crippen molar-refractivity contribution in [1.29, 1.82) is 0 Å². The van der Waals surface area contributed by atoms with Gasteiger partial charge in [0.15, 0.2) is 0 Å². The van der Waals surface area contributed by atoms with Gasteiger partial charge in [0.25, 0.3) is 0 Å². The number of rotatable bonds is 9. The number of benzene rings is 2. The first kappa shape index (κ1) is 22.1. The van der Waals surface area contributed by atoms with Crippen molar-refractivity contribution in [2.75, 3.05) is 11.9 Å². The second-order valence-corrected chi connectivity index (χ2v) is 9.24. The average molecular weight is 405 g/mol. The predicted octanol–water partition coefficient (Wildman–Crippen LogP) is 2.94. The SMILES string of the molecule is CC(C)C(=O)Nc1ccc(S(=O)(=O)NCC(C)(O)CCc2ccccc2)cc1. The van der Waals surface area contributed by atoms with E-state index in [2.05, 4.69) is 10.0 Å². The highest BCUT2D eigenvalue weighted by Gasteiger charge is 2.24. The molecule has 0 aliphatic heterocycles. The first-order chi connectivity index (χ1) is 13.1. The molecular formula is C21H28N2O4S. The molecule has 2 aromatic rings. The number of aliphatic hydroxyl groups is 1. The molecular weight excluding hydrogens is 376 g/mol. The molecule has 3 N–H and O–H groups in total. The molecule has 2 rings (SSSR count). The summed E-state index contributed by atoms with van der Waals surface area (Å²) in [4.78, 5) is 11.8. The van der Waals surface area contributed by atoms with Crippen molar-refractivity contribution in [2.45, 2.75) is 44.1 Å². The van der Waals surface area contributed by atoms with E-state index in [0.29, 0.717) is 18.5 Å². The molecule has 0 heterocycles. The number of hydrogen-bond acceptors (Lipinski definition) is 4. The van der Waals surface area contributed by atoms with Crippen LogP contribution in [0.2, 0.25) is 0 Å². The summed E-state index contributed by atoms with van der Waals surface area (Å²) in [6.07, 6.45) is 1.08. The maximum atomic E-state index is 12.5. The lowest BCUT2D eigenvalue weighted by Crippen LogP contribution is -2.40. The minimum Gasteiger partial charge on any atom is -0.389 e. The second kappa shape index (κ2) is 9.32. The fraction of sp³-hybridized carbons (Fsp3) is 0.381. The van der Waals surface area contributed by atoms with E-state index in [-0.39, 0.29) is 23.3 Å². The molecule has 0 saturated carbocycles. The number of hydrogen-bond donors (Lipinski definition) is 3. The number of amides is 1. The first-order valence-electron chi connectivity index (χ1n) is 9.26. The fourth-order valence-corrected chi connectivity index (χ4v) is 3.65. The van der Waals surface area contributed by atoms with Gasteiger partial charge in [-0.1, -0.05) is 44.2 Å². The van der Waals surface area contributed by atoms with Crippen LogP contribution in [0.5, 0.6) is 0 Å². The van der Waals surface area contributed by atoms with Crippen LogP contribution < -0.4 is 10.0 Å². The first-order valence-corrected chi connectivity index (χ1v) is 10.7. The van der Waals surface area contributed by atoms with Gasteiger partial charge < -0.3 is 10.4 Å². The van der Waals surface area contributed by atoms with E-state index in [4.69, 9.17) is 0 Å². The van der Waals surface area contributed by atoms with E-state index in [0.717, 1.165) is 5.56 Å². The Hall–Kier alpha value is -2.22. The number of carbonyl (C=O) groups is 1. The van der Waals surface area contributed by atoms with Crippen molar-refractivity contribution in [1.82, 2.24) is 4.72 Å². The maximum Gasteiger partial charge on any atom is 0.240 e. The zero-order chi connectivity index (χ0) is 20.8. The van der Waals surface area contributed by atoms with Gasteiger partial charge in [0.1, 0.15) is 0 Å². The minimum absolute atomic E-state index is 0.0777.